The molecule has 0 unspecified atom stereocenters. The molecule has 8 heteroatoms. The summed E-state index contributed by atoms with van der Waals surface area (Å²) in [6.07, 6.45) is 0. The number of aromatic nitrogens is 1. The molecule has 1 amide bonds. The smallest absolute Gasteiger partial charge is 0.387 e. The highest BCUT2D eigenvalue weighted by atomic mass is 32.1. The molecule has 1 aliphatic rings. The standard InChI is InChI=1S/C22H21F2N3O2S/c23-22(24)29-19-8-4-7-17(13-19)21(28)27-11-9-26(10-12-27)14-18-15-30-20(25-18)16-5-2-1-3-6-16/h1-8,13,15,22H,9-12,14H2. The van der Waals surface area contributed by atoms with E-state index in [0.717, 1.165) is 35.9 Å². The molecular weight excluding hydrogens is 408 g/mol. The van der Waals surface area contributed by atoms with Gasteiger partial charge >= 0.3 is 6.61 Å². The molecule has 0 spiro atoms. The number of alkyl halides is 2. The number of ether oxygens (including phenoxy) is 1. The highest BCUT2D eigenvalue weighted by Gasteiger charge is 2.23. The molecule has 3 aromatic rings. The largest absolute Gasteiger partial charge is 0.435 e. The van der Waals surface area contributed by atoms with E-state index in [9.17, 15) is 13.6 Å². The summed E-state index contributed by atoms with van der Waals surface area (Å²) in [5.74, 6) is -0.179. The van der Waals surface area contributed by atoms with Crippen LogP contribution >= 0.6 is 11.3 Å². The Labute approximate surface area is 177 Å². The first kappa shape index (κ1) is 20.4. The fraction of sp³-hybridized carbons (Fsp3) is 0.273. The van der Waals surface area contributed by atoms with Crippen molar-refractivity contribution in [2.45, 2.75) is 13.2 Å². The predicted octanol–water partition coefficient (Wildman–Crippen LogP) is 4.37. The highest BCUT2D eigenvalue weighted by Crippen LogP contribution is 2.24. The number of benzene rings is 2. The Morgan fingerprint density at radius 1 is 1.07 bits per heavy atom. The predicted molar refractivity (Wildman–Crippen MR) is 112 cm³/mol. The van der Waals surface area contributed by atoms with Gasteiger partial charge in [0.15, 0.2) is 0 Å². The van der Waals surface area contributed by atoms with E-state index < -0.39 is 6.61 Å². The third-order valence-corrected chi connectivity index (χ3v) is 5.86. The maximum absolute atomic E-state index is 12.7. The van der Waals surface area contributed by atoms with Gasteiger partial charge in [-0.15, -0.1) is 11.3 Å². The Kier molecular flexibility index (Phi) is 6.35. The molecule has 0 saturated carbocycles. The SMILES string of the molecule is O=C(c1cccc(OC(F)F)c1)N1CCN(Cc2csc(-c3ccccc3)n2)CC1. The van der Waals surface area contributed by atoms with Gasteiger partial charge in [0.05, 0.1) is 5.69 Å². The zero-order valence-corrected chi connectivity index (χ0v) is 17.0. The van der Waals surface area contributed by atoms with Gasteiger partial charge in [0, 0.05) is 49.2 Å². The second kappa shape index (κ2) is 9.32. The van der Waals surface area contributed by atoms with Crippen LogP contribution in [-0.2, 0) is 6.54 Å². The number of hydrogen-bond acceptors (Lipinski definition) is 5. The van der Waals surface area contributed by atoms with Gasteiger partial charge in [0.1, 0.15) is 10.8 Å². The molecule has 0 radical (unpaired) electrons. The fourth-order valence-electron chi connectivity index (χ4n) is 3.42. The highest BCUT2D eigenvalue weighted by molar-refractivity contribution is 7.13. The van der Waals surface area contributed by atoms with Crippen molar-refractivity contribution >= 4 is 17.2 Å². The lowest BCUT2D eigenvalue weighted by Crippen LogP contribution is -2.48. The number of carbonyl (C=O) groups excluding carboxylic acids is 1. The van der Waals surface area contributed by atoms with E-state index in [1.54, 1.807) is 28.4 Å². The third kappa shape index (κ3) is 5.01. The van der Waals surface area contributed by atoms with Crippen LogP contribution in [0.1, 0.15) is 16.1 Å². The number of halogens is 2. The van der Waals surface area contributed by atoms with Crippen LogP contribution in [0.25, 0.3) is 10.6 Å². The molecule has 0 N–H and O–H groups in total. The molecule has 0 bridgehead atoms. The van der Waals surface area contributed by atoms with Crippen molar-refractivity contribution in [3.63, 3.8) is 0 Å². The lowest BCUT2D eigenvalue weighted by molar-refractivity contribution is -0.0499. The van der Waals surface area contributed by atoms with Gasteiger partial charge in [-0.25, -0.2) is 4.98 Å². The van der Waals surface area contributed by atoms with Gasteiger partial charge in [-0.3, -0.25) is 9.69 Å². The molecule has 2 heterocycles. The van der Waals surface area contributed by atoms with Crippen LogP contribution in [0, 0.1) is 0 Å². The zero-order valence-electron chi connectivity index (χ0n) is 16.2. The summed E-state index contributed by atoms with van der Waals surface area (Å²) in [6, 6.07) is 16.0. The van der Waals surface area contributed by atoms with E-state index in [1.165, 1.54) is 12.1 Å². The number of hydrogen-bond donors (Lipinski definition) is 0. The monoisotopic (exact) mass is 429 g/mol. The normalized spacial score (nSPS) is 14.8. The Morgan fingerprint density at radius 3 is 2.57 bits per heavy atom. The minimum absolute atomic E-state index is 0.00719. The van der Waals surface area contributed by atoms with Crippen LogP contribution in [-0.4, -0.2) is 53.5 Å². The molecule has 5 nitrogen and oxygen atoms in total. The number of nitrogens with zero attached hydrogens (tertiary/aromatic N) is 3. The van der Waals surface area contributed by atoms with E-state index >= 15 is 0 Å². The van der Waals surface area contributed by atoms with Crippen LogP contribution in [0.2, 0.25) is 0 Å². The second-order valence-corrected chi connectivity index (χ2v) is 7.84. The minimum atomic E-state index is -2.91. The minimum Gasteiger partial charge on any atom is -0.435 e. The molecule has 0 atom stereocenters. The van der Waals surface area contributed by atoms with E-state index in [2.05, 4.69) is 15.0 Å². The summed E-state index contributed by atoms with van der Waals surface area (Å²) in [7, 11) is 0. The van der Waals surface area contributed by atoms with Crippen molar-refractivity contribution in [1.82, 2.24) is 14.8 Å². The van der Waals surface area contributed by atoms with E-state index in [1.807, 2.05) is 30.3 Å². The van der Waals surface area contributed by atoms with Crippen LogP contribution in [0.15, 0.2) is 60.0 Å². The van der Waals surface area contributed by atoms with Gasteiger partial charge in [0.25, 0.3) is 5.91 Å². The molecular formula is C22H21F2N3O2S. The second-order valence-electron chi connectivity index (χ2n) is 6.98. The molecule has 1 fully saturated rings. The third-order valence-electron chi connectivity index (χ3n) is 4.92. The molecule has 1 aliphatic heterocycles. The number of amides is 1. The Morgan fingerprint density at radius 2 is 1.83 bits per heavy atom. The maximum atomic E-state index is 12.7. The summed E-state index contributed by atoms with van der Waals surface area (Å²) in [5.41, 5.74) is 2.49. The summed E-state index contributed by atoms with van der Waals surface area (Å²) in [4.78, 5) is 21.5. The van der Waals surface area contributed by atoms with Crippen molar-refractivity contribution in [3.05, 3.63) is 71.2 Å². The molecule has 4 rings (SSSR count). The van der Waals surface area contributed by atoms with Crippen molar-refractivity contribution in [1.29, 1.82) is 0 Å². The first-order chi connectivity index (χ1) is 14.6. The first-order valence-corrected chi connectivity index (χ1v) is 10.5. The number of carbonyl (C=O) groups is 1. The number of thiazole rings is 1. The van der Waals surface area contributed by atoms with Gasteiger partial charge in [-0.2, -0.15) is 8.78 Å². The Hall–Kier alpha value is -2.84. The maximum Gasteiger partial charge on any atom is 0.387 e. The van der Waals surface area contributed by atoms with Crippen LogP contribution in [0.4, 0.5) is 8.78 Å². The average molecular weight is 429 g/mol. The van der Waals surface area contributed by atoms with Crippen LogP contribution < -0.4 is 4.74 Å². The van der Waals surface area contributed by atoms with Gasteiger partial charge in [-0.1, -0.05) is 36.4 Å². The topological polar surface area (TPSA) is 45.7 Å². The lowest BCUT2D eigenvalue weighted by Gasteiger charge is -2.34. The summed E-state index contributed by atoms with van der Waals surface area (Å²) in [6.45, 7) is 0.451. The van der Waals surface area contributed by atoms with E-state index in [4.69, 9.17) is 4.98 Å². The van der Waals surface area contributed by atoms with Gasteiger partial charge in [0.2, 0.25) is 0 Å². The van der Waals surface area contributed by atoms with Gasteiger partial charge in [-0.05, 0) is 18.2 Å². The zero-order chi connectivity index (χ0) is 20.9. The molecule has 2 aromatic carbocycles. The van der Waals surface area contributed by atoms with Crippen LogP contribution in [0.5, 0.6) is 5.75 Å². The Balaban J connectivity index is 1.32. The Bertz CT molecular complexity index is 989. The molecule has 1 saturated heterocycles. The lowest BCUT2D eigenvalue weighted by atomic mass is 10.1. The van der Waals surface area contributed by atoms with E-state index in [-0.39, 0.29) is 11.7 Å². The van der Waals surface area contributed by atoms with Crippen molar-refractivity contribution in [2.75, 3.05) is 26.2 Å². The quantitative estimate of drug-likeness (QED) is 0.584. The van der Waals surface area contributed by atoms with Crippen molar-refractivity contribution in [3.8, 4) is 16.3 Å². The summed E-state index contributed by atoms with van der Waals surface area (Å²) >= 11 is 1.63. The number of rotatable bonds is 6. The average Bonchev–Trinajstić information content (AvgIpc) is 3.23. The van der Waals surface area contributed by atoms with E-state index in [0.29, 0.717) is 18.7 Å². The molecule has 0 aliphatic carbocycles. The van der Waals surface area contributed by atoms with Crippen LogP contribution in [0.3, 0.4) is 0 Å². The number of piperazine rings is 1. The summed E-state index contributed by atoms with van der Waals surface area (Å²) < 4.78 is 29.2. The summed E-state index contributed by atoms with van der Waals surface area (Å²) in [5, 5.41) is 3.08. The van der Waals surface area contributed by atoms with Crippen molar-refractivity contribution < 1.29 is 18.3 Å². The van der Waals surface area contributed by atoms with Crippen molar-refractivity contribution in [2.24, 2.45) is 0 Å². The van der Waals surface area contributed by atoms with Gasteiger partial charge < -0.3 is 9.64 Å². The fourth-order valence-corrected chi connectivity index (χ4v) is 4.24. The molecule has 30 heavy (non-hydrogen) atoms. The first-order valence-electron chi connectivity index (χ1n) is 9.65. The molecule has 1 aromatic heterocycles. The molecule has 156 valence electrons.